The minimum atomic E-state index is -1.07. The van der Waals surface area contributed by atoms with Crippen LogP contribution >= 0.6 is 0 Å². The molecular weight excluding hydrogens is 210 g/mol. The van der Waals surface area contributed by atoms with Crippen molar-refractivity contribution in [3.8, 4) is 0 Å². The van der Waals surface area contributed by atoms with Crippen LogP contribution in [0.15, 0.2) is 23.4 Å². The first-order chi connectivity index (χ1) is 7.63. The molecule has 0 aliphatic carbocycles. The van der Waals surface area contributed by atoms with Crippen molar-refractivity contribution in [2.45, 2.75) is 19.0 Å². The summed E-state index contributed by atoms with van der Waals surface area (Å²) >= 11 is 0. The second-order valence-electron chi connectivity index (χ2n) is 3.19. The third-order valence-electron chi connectivity index (χ3n) is 1.94. The number of aromatic nitrogens is 1. The monoisotopic (exact) mass is 221 g/mol. The maximum Gasteiger partial charge on any atom is 0.320 e. The number of carboxylic acids is 1. The summed E-state index contributed by atoms with van der Waals surface area (Å²) < 4.78 is 0. The van der Waals surface area contributed by atoms with Crippen LogP contribution in [-0.4, -0.2) is 22.1 Å². The number of carboxylic acid groups (broad SMARTS) is 1. The molecule has 1 atom stereocenters. The molecule has 1 rings (SSSR count). The van der Waals surface area contributed by atoms with E-state index in [2.05, 4.69) is 15.0 Å². The molecule has 1 aromatic heterocycles. The van der Waals surface area contributed by atoms with Gasteiger partial charge in [0.1, 0.15) is 6.04 Å². The van der Waals surface area contributed by atoms with Crippen LogP contribution in [0.1, 0.15) is 11.3 Å². The predicted molar refractivity (Wildman–Crippen MR) is 56.4 cm³/mol. The standard InChI is InChI=1S/C9H11N5O2/c10-8(9(15)16)4-7-3-6(1-2-12-7)5-13-14-11/h1-3,8H,4-5,10H2,(H,15,16)/t8-/m0/s1. The molecule has 7 nitrogen and oxygen atoms in total. The molecule has 7 heteroatoms. The minimum absolute atomic E-state index is 0.152. The molecular formula is C9H11N5O2. The molecule has 3 N–H and O–H groups in total. The Hall–Kier alpha value is -2.11. The van der Waals surface area contributed by atoms with Gasteiger partial charge in [-0.2, -0.15) is 0 Å². The maximum atomic E-state index is 10.5. The average molecular weight is 221 g/mol. The molecule has 0 spiro atoms. The van der Waals surface area contributed by atoms with E-state index in [-0.39, 0.29) is 13.0 Å². The lowest BCUT2D eigenvalue weighted by Gasteiger charge is -2.06. The largest absolute Gasteiger partial charge is 0.480 e. The molecule has 0 aromatic carbocycles. The summed E-state index contributed by atoms with van der Waals surface area (Å²) in [5.41, 5.74) is 14.9. The zero-order valence-electron chi connectivity index (χ0n) is 8.45. The topological polar surface area (TPSA) is 125 Å². The van der Waals surface area contributed by atoms with Gasteiger partial charge in [0.05, 0.1) is 6.54 Å². The molecule has 16 heavy (non-hydrogen) atoms. The molecule has 0 aliphatic rings. The Morgan fingerprint density at radius 1 is 1.75 bits per heavy atom. The number of pyridine rings is 1. The molecule has 1 heterocycles. The van der Waals surface area contributed by atoms with Gasteiger partial charge in [-0.25, -0.2) is 0 Å². The van der Waals surface area contributed by atoms with Crippen LogP contribution in [0.25, 0.3) is 10.4 Å². The molecule has 0 saturated heterocycles. The molecule has 0 radical (unpaired) electrons. The number of nitrogens with zero attached hydrogens (tertiary/aromatic N) is 4. The first kappa shape index (κ1) is 12.0. The van der Waals surface area contributed by atoms with Crippen LogP contribution in [0.3, 0.4) is 0 Å². The highest BCUT2D eigenvalue weighted by Crippen LogP contribution is 2.05. The average Bonchev–Trinajstić information content (AvgIpc) is 2.26. The normalized spacial score (nSPS) is 11.6. The highest BCUT2D eigenvalue weighted by molar-refractivity contribution is 5.73. The van der Waals surface area contributed by atoms with Crippen molar-refractivity contribution in [1.82, 2.24) is 4.98 Å². The molecule has 0 unspecified atom stereocenters. The SMILES string of the molecule is [N-]=[N+]=NCc1ccnc(C[C@H](N)C(=O)O)c1. The van der Waals surface area contributed by atoms with Gasteiger partial charge in [-0.15, -0.1) is 0 Å². The van der Waals surface area contributed by atoms with E-state index in [1.54, 1.807) is 12.1 Å². The highest BCUT2D eigenvalue weighted by atomic mass is 16.4. The van der Waals surface area contributed by atoms with Crippen LogP contribution in [0, 0.1) is 0 Å². The van der Waals surface area contributed by atoms with Crippen LogP contribution in [-0.2, 0) is 17.8 Å². The van der Waals surface area contributed by atoms with Gasteiger partial charge in [-0.1, -0.05) is 5.11 Å². The number of nitrogens with two attached hydrogens (primary N) is 1. The van der Waals surface area contributed by atoms with Gasteiger partial charge in [-0.3, -0.25) is 9.78 Å². The van der Waals surface area contributed by atoms with Gasteiger partial charge in [-0.05, 0) is 23.2 Å². The fourth-order valence-corrected chi connectivity index (χ4v) is 1.16. The first-order valence-electron chi connectivity index (χ1n) is 4.56. The Morgan fingerprint density at radius 3 is 3.12 bits per heavy atom. The minimum Gasteiger partial charge on any atom is -0.480 e. The quantitative estimate of drug-likeness (QED) is 0.434. The number of aliphatic carboxylic acids is 1. The predicted octanol–water partition coefficient (Wildman–Crippen LogP) is 0.846. The van der Waals surface area contributed by atoms with E-state index >= 15 is 0 Å². The molecule has 1 aromatic rings. The molecule has 0 aliphatic heterocycles. The Labute approximate surface area is 91.5 Å². The summed E-state index contributed by atoms with van der Waals surface area (Å²) in [5, 5.41) is 12.0. The van der Waals surface area contributed by atoms with E-state index in [1.165, 1.54) is 6.20 Å². The Kier molecular flexibility index (Phi) is 4.26. The summed E-state index contributed by atoms with van der Waals surface area (Å²) in [7, 11) is 0. The maximum absolute atomic E-state index is 10.5. The number of rotatable bonds is 5. The van der Waals surface area contributed by atoms with E-state index in [0.717, 1.165) is 5.56 Å². The molecule has 0 bridgehead atoms. The van der Waals surface area contributed by atoms with Crippen molar-refractivity contribution in [1.29, 1.82) is 0 Å². The Bertz CT molecular complexity index is 428. The summed E-state index contributed by atoms with van der Waals surface area (Å²) in [6.07, 6.45) is 1.69. The van der Waals surface area contributed by atoms with Gasteiger partial charge in [0.25, 0.3) is 0 Å². The lowest BCUT2D eigenvalue weighted by Crippen LogP contribution is -2.32. The summed E-state index contributed by atoms with van der Waals surface area (Å²) in [5.74, 6) is -1.07. The number of carbonyl (C=O) groups is 1. The summed E-state index contributed by atoms with van der Waals surface area (Å²) in [4.78, 5) is 17.2. The van der Waals surface area contributed by atoms with Crippen molar-refractivity contribution in [2.75, 3.05) is 0 Å². The van der Waals surface area contributed by atoms with Gasteiger partial charge < -0.3 is 10.8 Å². The molecule has 0 fully saturated rings. The van der Waals surface area contributed by atoms with E-state index in [1.807, 2.05) is 0 Å². The van der Waals surface area contributed by atoms with Gasteiger partial charge in [0, 0.05) is 23.2 Å². The molecule has 84 valence electrons. The van der Waals surface area contributed by atoms with Crippen molar-refractivity contribution in [3.05, 3.63) is 40.0 Å². The highest BCUT2D eigenvalue weighted by Gasteiger charge is 2.12. The molecule has 0 amide bonds. The molecule has 0 saturated carbocycles. The van der Waals surface area contributed by atoms with E-state index < -0.39 is 12.0 Å². The van der Waals surface area contributed by atoms with Crippen LogP contribution in [0.4, 0.5) is 0 Å². The fourth-order valence-electron chi connectivity index (χ4n) is 1.16. The third kappa shape index (κ3) is 3.56. The lowest BCUT2D eigenvalue weighted by molar-refractivity contribution is -0.138. The number of hydrogen-bond donors (Lipinski definition) is 2. The summed E-state index contributed by atoms with van der Waals surface area (Å²) in [6, 6.07) is 2.41. The lowest BCUT2D eigenvalue weighted by atomic mass is 10.1. The van der Waals surface area contributed by atoms with E-state index in [9.17, 15) is 4.79 Å². The van der Waals surface area contributed by atoms with Crippen molar-refractivity contribution in [2.24, 2.45) is 10.8 Å². The van der Waals surface area contributed by atoms with Gasteiger partial charge in [0.2, 0.25) is 0 Å². The van der Waals surface area contributed by atoms with Crippen LogP contribution in [0.2, 0.25) is 0 Å². The van der Waals surface area contributed by atoms with Crippen molar-refractivity contribution in [3.63, 3.8) is 0 Å². The Balaban J connectivity index is 2.74. The fraction of sp³-hybridized carbons (Fsp3) is 0.333. The van der Waals surface area contributed by atoms with Crippen molar-refractivity contribution < 1.29 is 9.90 Å². The summed E-state index contributed by atoms with van der Waals surface area (Å²) in [6.45, 7) is 0.217. The zero-order valence-corrected chi connectivity index (χ0v) is 8.45. The second kappa shape index (κ2) is 5.69. The first-order valence-corrected chi connectivity index (χ1v) is 4.56. The smallest absolute Gasteiger partial charge is 0.320 e. The number of azide groups is 1. The second-order valence-corrected chi connectivity index (χ2v) is 3.19. The van der Waals surface area contributed by atoms with E-state index in [4.69, 9.17) is 16.4 Å². The van der Waals surface area contributed by atoms with Crippen LogP contribution in [0.5, 0.6) is 0 Å². The van der Waals surface area contributed by atoms with Crippen molar-refractivity contribution >= 4 is 5.97 Å². The van der Waals surface area contributed by atoms with Gasteiger partial charge in [0.15, 0.2) is 0 Å². The Morgan fingerprint density at radius 2 is 2.50 bits per heavy atom. The third-order valence-corrected chi connectivity index (χ3v) is 1.94. The van der Waals surface area contributed by atoms with E-state index in [0.29, 0.717) is 5.69 Å². The van der Waals surface area contributed by atoms with Gasteiger partial charge >= 0.3 is 5.97 Å². The number of hydrogen-bond acceptors (Lipinski definition) is 4. The zero-order chi connectivity index (χ0) is 12.0. The van der Waals surface area contributed by atoms with Crippen LogP contribution < -0.4 is 5.73 Å².